The maximum absolute atomic E-state index is 13.3. The standard InChI is InChI=1S/C33H45BrF3N5O5/c1-6-22-18-24-26(27(25(22)34)45-21-33(35,36)37)38-29(46-23-8-13-40(14-9-23)12-7-17-44-5)39-28(24)41-15-10-32(11-16-41)19-42(20-32)30(43)47-31(2,3)4/h6,18,23H,1,7-17,19-21H2,2-5H3. The van der Waals surface area contributed by atoms with Gasteiger partial charge in [0.15, 0.2) is 12.4 Å². The van der Waals surface area contributed by atoms with Crippen LogP contribution in [0.4, 0.5) is 23.8 Å². The minimum absolute atomic E-state index is 0.0108. The lowest BCUT2D eigenvalue weighted by atomic mass is 9.72. The van der Waals surface area contributed by atoms with Crippen LogP contribution in [0.2, 0.25) is 0 Å². The van der Waals surface area contributed by atoms with Gasteiger partial charge in [-0.05, 0) is 80.4 Å². The molecule has 0 saturated carbocycles. The fraction of sp³-hybridized carbons (Fsp3) is 0.667. The molecule has 0 atom stereocenters. The number of halogens is 4. The summed E-state index contributed by atoms with van der Waals surface area (Å²) in [6.45, 7) is 13.9. The van der Waals surface area contributed by atoms with Crippen molar-refractivity contribution in [3.05, 3.63) is 22.7 Å². The van der Waals surface area contributed by atoms with Crippen LogP contribution in [0.15, 0.2) is 17.1 Å². The van der Waals surface area contributed by atoms with E-state index in [4.69, 9.17) is 23.9 Å². The largest absolute Gasteiger partial charge is 0.481 e. The number of carbonyl (C=O) groups excluding carboxylic acids is 1. The molecule has 0 aliphatic carbocycles. The molecule has 260 valence electrons. The fourth-order valence-electron chi connectivity index (χ4n) is 6.49. The zero-order chi connectivity index (χ0) is 34.0. The zero-order valence-electron chi connectivity index (χ0n) is 27.6. The molecule has 5 rings (SSSR count). The van der Waals surface area contributed by atoms with E-state index in [1.807, 2.05) is 26.8 Å². The van der Waals surface area contributed by atoms with Crippen LogP contribution in [0.1, 0.15) is 58.4 Å². The van der Waals surface area contributed by atoms with E-state index < -0.39 is 18.4 Å². The molecule has 47 heavy (non-hydrogen) atoms. The molecule has 1 aromatic carbocycles. The van der Waals surface area contributed by atoms with E-state index in [1.54, 1.807) is 18.1 Å². The molecule has 0 bridgehead atoms. The molecule has 1 aromatic heterocycles. The molecule has 2 aromatic rings. The number of hydrogen-bond acceptors (Lipinski definition) is 9. The Balaban J connectivity index is 1.39. The smallest absolute Gasteiger partial charge is 0.422 e. The van der Waals surface area contributed by atoms with Crippen LogP contribution in [-0.4, -0.2) is 110 Å². The van der Waals surface area contributed by atoms with Gasteiger partial charge >= 0.3 is 18.3 Å². The molecule has 1 amide bonds. The number of aromatic nitrogens is 2. The van der Waals surface area contributed by atoms with Gasteiger partial charge in [-0.3, -0.25) is 0 Å². The summed E-state index contributed by atoms with van der Waals surface area (Å²) in [7, 11) is 1.70. The van der Waals surface area contributed by atoms with Crippen molar-refractivity contribution in [3.63, 3.8) is 0 Å². The van der Waals surface area contributed by atoms with Crippen LogP contribution < -0.4 is 14.4 Å². The van der Waals surface area contributed by atoms with Crippen LogP contribution in [0.3, 0.4) is 0 Å². The molecule has 3 fully saturated rings. The van der Waals surface area contributed by atoms with Gasteiger partial charge in [0.1, 0.15) is 23.0 Å². The predicted octanol–water partition coefficient (Wildman–Crippen LogP) is 6.69. The summed E-state index contributed by atoms with van der Waals surface area (Å²) in [6.07, 6.45) is 0.730. The van der Waals surface area contributed by atoms with Crippen LogP contribution in [-0.2, 0) is 9.47 Å². The number of methoxy groups -OCH3 is 1. The molecule has 4 heterocycles. The molecule has 0 N–H and O–H groups in total. The Labute approximate surface area is 282 Å². The van der Waals surface area contributed by atoms with Gasteiger partial charge in [-0.25, -0.2) is 4.79 Å². The Bertz CT molecular complexity index is 1430. The van der Waals surface area contributed by atoms with Crippen molar-refractivity contribution in [2.24, 2.45) is 5.41 Å². The molecule has 3 aliphatic rings. The average Bonchev–Trinajstić information content (AvgIpc) is 2.98. The molecular formula is C33H45BrF3N5O5. The number of benzene rings is 1. The van der Waals surface area contributed by atoms with E-state index in [0.717, 1.165) is 51.7 Å². The number of fused-ring (bicyclic) bond motifs is 1. The molecule has 14 heteroatoms. The van der Waals surface area contributed by atoms with Crippen molar-refractivity contribution in [1.29, 1.82) is 0 Å². The Kier molecular flexibility index (Phi) is 10.8. The lowest BCUT2D eigenvalue weighted by Crippen LogP contribution is -2.62. The highest BCUT2D eigenvalue weighted by molar-refractivity contribution is 9.10. The lowest BCUT2D eigenvalue weighted by Gasteiger charge is -2.53. The van der Waals surface area contributed by atoms with Crippen molar-refractivity contribution < 1.29 is 36.9 Å². The molecule has 10 nitrogen and oxygen atoms in total. The number of rotatable bonds is 10. The highest BCUT2D eigenvalue weighted by atomic mass is 79.9. The highest BCUT2D eigenvalue weighted by Crippen LogP contribution is 2.45. The monoisotopic (exact) mass is 727 g/mol. The number of amides is 1. The maximum Gasteiger partial charge on any atom is 0.422 e. The fourth-order valence-corrected chi connectivity index (χ4v) is 7.06. The number of nitrogens with zero attached hydrogens (tertiary/aromatic N) is 5. The minimum Gasteiger partial charge on any atom is -0.481 e. The van der Waals surface area contributed by atoms with Gasteiger partial charge in [0, 0.05) is 70.3 Å². The summed E-state index contributed by atoms with van der Waals surface area (Å²) in [6, 6.07) is 1.93. The number of anilines is 1. The molecule has 3 aliphatic heterocycles. The van der Waals surface area contributed by atoms with Crippen LogP contribution in [0.25, 0.3) is 17.0 Å². The Morgan fingerprint density at radius 3 is 2.40 bits per heavy atom. The number of ether oxygens (including phenoxy) is 4. The van der Waals surface area contributed by atoms with Crippen LogP contribution in [0.5, 0.6) is 11.8 Å². The Morgan fingerprint density at radius 2 is 1.81 bits per heavy atom. The maximum atomic E-state index is 13.3. The number of likely N-dealkylation sites (tertiary alicyclic amines) is 2. The molecule has 0 radical (unpaired) electrons. The van der Waals surface area contributed by atoms with E-state index in [2.05, 4.69) is 37.3 Å². The van der Waals surface area contributed by atoms with Gasteiger partial charge in [-0.15, -0.1) is 0 Å². The second-order valence-corrected chi connectivity index (χ2v) is 14.6. The zero-order valence-corrected chi connectivity index (χ0v) is 29.2. The first-order chi connectivity index (χ1) is 22.2. The Hall–Kier alpha value is -2.84. The third kappa shape index (κ3) is 8.80. The van der Waals surface area contributed by atoms with E-state index in [1.165, 1.54) is 0 Å². The van der Waals surface area contributed by atoms with Crippen LogP contribution in [0, 0.1) is 5.41 Å². The predicted molar refractivity (Wildman–Crippen MR) is 177 cm³/mol. The van der Waals surface area contributed by atoms with Gasteiger partial charge in [-0.2, -0.15) is 23.1 Å². The number of piperidine rings is 2. The van der Waals surface area contributed by atoms with Gasteiger partial charge in [0.2, 0.25) is 0 Å². The first-order valence-electron chi connectivity index (χ1n) is 16.2. The summed E-state index contributed by atoms with van der Waals surface area (Å²) < 4.78 is 62.8. The molecule has 3 saturated heterocycles. The van der Waals surface area contributed by atoms with E-state index in [-0.39, 0.29) is 34.9 Å². The van der Waals surface area contributed by atoms with Crippen molar-refractivity contribution in [1.82, 2.24) is 19.8 Å². The number of carbonyl (C=O) groups is 1. The minimum atomic E-state index is -4.54. The van der Waals surface area contributed by atoms with Crippen molar-refractivity contribution >= 4 is 44.8 Å². The number of hydrogen-bond donors (Lipinski definition) is 0. The van der Waals surface area contributed by atoms with E-state index in [0.29, 0.717) is 54.0 Å². The third-order valence-electron chi connectivity index (χ3n) is 8.93. The number of alkyl halides is 3. The highest BCUT2D eigenvalue weighted by Gasteiger charge is 2.48. The van der Waals surface area contributed by atoms with E-state index in [9.17, 15) is 18.0 Å². The molecular weight excluding hydrogens is 683 g/mol. The summed E-state index contributed by atoms with van der Waals surface area (Å²) in [5.41, 5.74) is 0.238. The normalized spacial score (nSPS) is 19.1. The summed E-state index contributed by atoms with van der Waals surface area (Å²) in [5, 5.41) is 0.556. The molecule has 0 unspecified atom stereocenters. The van der Waals surface area contributed by atoms with Gasteiger partial charge in [0.05, 0.1) is 4.47 Å². The van der Waals surface area contributed by atoms with Gasteiger partial charge in [-0.1, -0.05) is 12.7 Å². The second kappa shape index (κ2) is 14.3. The lowest BCUT2D eigenvalue weighted by molar-refractivity contribution is -0.153. The van der Waals surface area contributed by atoms with Crippen molar-refractivity contribution in [3.8, 4) is 11.8 Å². The quantitative estimate of drug-likeness (QED) is 0.248. The summed E-state index contributed by atoms with van der Waals surface area (Å²) in [4.78, 5) is 28.3. The van der Waals surface area contributed by atoms with Crippen LogP contribution >= 0.6 is 15.9 Å². The Morgan fingerprint density at radius 1 is 1.13 bits per heavy atom. The summed E-state index contributed by atoms with van der Waals surface area (Å²) >= 11 is 3.44. The van der Waals surface area contributed by atoms with Crippen molar-refractivity contribution in [2.75, 3.05) is 71.0 Å². The third-order valence-corrected chi connectivity index (χ3v) is 9.75. The summed E-state index contributed by atoms with van der Waals surface area (Å²) in [5.74, 6) is 0.546. The van der Waals surface area contributed by atoms with E-state index >= 15 is 0 Å². The topological polar surface area (TPSA) is 89.5 Å². The first-order valence-corrected chi connectivity index (χ1v) is 17.0. The van der Waals surface area contributed by atoms with Gasteiger partial charge in [0.25, 0.3) is 0 Å². The average molecular weight is 729 g/mol. The van der Waals surface area contributed by atoms with Crippen molar-refractivity contribution in [2.45, 2.75) is 70.8 Å². The molecule has 1 spiro atoms. The first kappa shape index (κ1) is 35.5. The van der Waals surface area contributed by atoms with Gasteiger partial charge < -0.3 is 33.6 Å². The SMILES string of the molecule is C=Cc1cc2c(N3CCC4(CC3)CN(C(=O)OC(C)(C)C)C4)nc(OC3CCN(CCCOC)CC3)nc2c(OCC(F)(F)F)c1Br. The second-order valence-electron chi connectivity index (χ2n) is 13.8.